The van der Waals surface area contributed by atoms with Crippen LogP contribution in [0.4, 0.5) is 4.79 Å². The molecule has 1 aromatic carbocycles. The Bertz CT molecular complexity index is 868. The van der Waals surface area contributed by atoms with Gasteiger partial charge in [0.2, 0.25) is 5.91 Å². The largest absolute Gasteiger partial charge is 0.444 e. The van der Waals surface area contributed by atoms with E-state index in [4.69, 9.17) is 9.72 Å². The highest BCUT2D eigenvalue weighted by atomic mass is 16.6. The van der Waals surface area contributed by atoms with E-state index in [2.05, 4.69) is 4.98 Å². The Balaban J connectivity index is 1.46. The van der Waals surface area contributed by atoms with Gasteiger partial charge in [0.25, 0.3) is 0 Å². The highest BCUT2D eigenvalue weighted by Gasteiger charge is 2.40. The van der Waals surface area contributed by atoms with E-state index in [1.807, 2.05) is 49.9 Å². The summed E-state index contributed by atoms with van der Waals surface area (Å²) < 4.78 is 5.51. The third-order valence-corrected chi connectivity index (χ3v) is 5.69. The van der Waals surface area contributed by atoms with Gasteiger partial charge in [0.1, 0.15) is 17.5 Å². The summed E-state index contributed by atoms with van der Waals surface area (Å²) >= 11 is 0. The average Bonchev–Trinajstić information content (AvgIpc) is 3.33. The molecule has 0 aliphatic carbocycles. The summed E-state index contributed by atoms with van der Waals surface area (Å²) in [7, 11) is 0. The molecule has 4 rings (SSSR count). The minimum atomic E-state index is -0.565. The highest BCUT2D eigenvalue weighted by Crippen LogP contribution is 2.29. The van der Waals surface area contributed by atoms with Crippen molar-refractivity contribution in [2.24, 2.45) is 0 Å². The third-order valence-electron chi connectivity index (χ3n) is 5.69. The summed E-state index contributed by atoms with van der Waals surface area (Å²) in [6.07, 6.45) is 3.08. The average molecular weight is 399 g/mol. The zero-order valence-electron chi connectivity index (χ0n) is 17.5. The van der Waals surface area contributed by atoms with Crippen molar-refractivity contribution in [1.29, 1.82) is 0 Å². The Kier molecular flexibility index (Phi) is 5.23. The van der Waals surface area contributed by atoms with Crippen LogP contribution >= 0.6 is 0 Å². The van der Waals surface area contributed by atoms with E-state index >= 15 is 0 Å². The Morgan fingerprint density at radius 1 is 1.14 bits per heavy atom. The summed E-state index contributed by atoms with van der Waals surface area (Å²) in [5.74, 6) is 1.17. The number of amides is 2. The predicted molar refractivity (Wildman–Crippen MR) is 111 cm³/mol. The molecule has 2 saturated heterocycles. The van der Waals surface area contributed by atoms with Crippen LogP contribution in [0.25, 0.3) is 11.0 Å². The van der Waals surface area contributed by atoms with Crippen LogP contribution in [0.2, 0.25) is 0 Å². The van der Waals surface area contributed by atoms with Gasteiger partial charge in [-0.2, -0.15) is 0 Å². The molecule has 2 aromatic rings. The number of carbonyl (C=O) groups is 2. The van der Waals surface area contributed by atoms with Crippen LogP contribution in [0, 0.1) is 0 Å². The molecule has 0 spiro atoms. The zero-order valence-corrected chi connectivity index (χ0v) is 17.5. The lowest BCUT2D eigenvalue weighted by Crippen LogP contribution is -2.51. The van der Waals surface area contributed by atoms with Gasteiger partial charge < -0.3 is 14.6 Å². The first kappa shape index (κ1) is 19.7. The first-order chi connectivity index (χ1) is 13.8. The van der Waals surface area contributed by atoms with Crippen LogP contribution in [0.5, 0.6) is 0 Å². The number of ether oxygens (including phenoxy) is 1. The number of para-hydroxylation sites is 2. The fourth-order valence-corrected chi connectivity index (χ4v) is 4.34. The van der Waals surface area contributed by atoms with Crippen LogP contribution in [-0.4, -0.2) is 63.0 Å². The summed E-state index contributed by atoms with van der Waals surface area (Å²) in [4.78, 5) is 37.5. The van der Waals surface area contributed by atoms with Gasteiger partial charge in [-0.25, -0.2) is 9.78 Å². The normalized spacial score (nSPS) is 22.9. The fourth-order valence-electron chi connectivity index (χ4n) is 4.34. The van der Waals surface area contributed by atoms with Gasteiger partial charge in [-0.1, -0.05) is 12.1 Å². The van der Waals surface area contributed by atoms with Crippen molar-refractivity contribution in [2.45, 2.75) is 64.0 Å². The van der Waals surface area contributed by atoms with Crippen LogP contribution < -0.4 is 0 Å². The molecule has 156 valence electrons. The van der Waals surface area contributed by atoms with E-state index in [0.717, 1.165) is 42.7 Å². The molecule has 0 bridgehead atoms. The van der Waals surface area contributed by atoms with E-state index in [1.165, 1.54) is 0 Å². The number of rotatable bonds is 2. The van der Waals surface area contributed by atoms with Crippen LogP contribution in [0.3, 0.4) is 0 Å². The van der Waals surface area contributed by atoms with Crippen molar-refractivity contribution < 1.29 is 14.3 Å². The number of likely N-dealkylation sites (tertiary alicyclic amines) is 2. The summed E-state index contributed by atoms with van der Waals surface area (Å²) in [6, 6.07) is 7.58. The van der Waals surface area contributed by atoms with Crippen LogP contribution in [0.15, 0.2) is 24.3 Å². The Morgan fingerprint density at radius 2 is 1.90 bits per heavy atom. The molecule has 2 fully saturated rings. The van der Waals surface area contributed by atoms with Gasteiger partial charge in [-0.15, -0.1) is 0 Å². The SMILES string of the molecule is CC(C)(C)OC(=O)N1CCC[C@H]1C(=O)N1CCCC(c2nc3ccccc3[nH]2)C1. The van der Waals surface area contributed by atoms with Crippen molar-refractivity contribution >= 4 is 23.0 Å². The monoisotopic (exact) mass is 398 g/mol. The van der Waals surface area contributed by atoms with E-state index in [1.54, 1.807) is 4.90 Å². The van der Waals surface area contributed by atoms with Crippen molar-refractivity contribution in [3.8, 4) is 0 Å². The number of hydrogen-bond acceptors (Lipinski definition) is 4. The van der Waals surface area contributed by atoms with E-state index in [9.17, 15) is 9.59 Å². The third kappa shape index (κ3) is 4.23. The van der Waals surface area contributed by atoms with Gasteiger partial charge in [0.15, 0.2) is 0 Å². The zero-order chi connectivity index (χ0) is 20.6. The van der Waals surface area contributed by atoms with E-state index in [0.29, 0.717) is 19.5 Å². The van der Waals surface area contributed by atoms with Crippen molar-refractivity contribution in [3.63, 3.8) is 0 Å². The number of nitrogens with one attached hydrogen (secondary N) is 1. The molecule has 3 heterocycles. The Morgan fingerprint density at radius 3 is 2.66 bits per heavy atom. The standard InChI is InChI=1S/C22H30N4O3/c1-22(2,3)29-21(28)26-13-7-11-18(26)20(27)25-12-6-8-15(14-25)19-23-16-9-4-5-10-17(16)24-19/h4-5,9-10,15,18H,6-8,11-14H2,1-3H3,(H,23,24)/t15?,18-/m0/s1. The molecule has 0 saturated carbocycles. The lowest BCUT2D eigenvalue weighted by atomic mass is 9.96. The minimum Gasteiger partial charge on any atom is -0.444 e. The molecule has 1 aromatic heterocycles. The van der Waals surface area contributed by atoms with Crippen molar-refractivity contribution in [3.05, 3.63) is 30.1 Å². The Hall–Kier alpha value is -2.57. The Labute approximate surface area is 171 Å². The van der Waals surface area contributed by atoms with E-state index in [-0.39, 0.29) is 17.9 Å². The number of hydrogen-bond donors (Lipinski definition) is 1. The topological polar surface area (TPSA) is 78.5 Å². The molecular formula is C22H30N4O3. The summed E-state index contributed by atoms with van der Waals surface area (Å²) in [5.41, 5.74) is 1.42. The summed E-state index contributed by atoms with van der Waals surface area (Å²) in [5, 5.41) is 0. The number of imidazole rings is 1. The van der Waals surface area contributed by atoms with Gasteiger partial charge in [0, 0.05) is 25.6 Å². The van der Waals surface area contributed by atoms with Crippen molar-refractivity contribution in [2.75, 3.05) is 19.6 Å². The first-order valence-electron chi connectivity index (χ1n) is 10.5. The molecule has 7 nitrogen and oxygen atoms in total. The number of aromatic nitrogens is 2. The molecule has 29 heavy (non-hydrogen) atoms. The quantitative estimate of drug-likeness (QED) is 0.837. The number of aromatic amines is 1. The van der Waals surface area contributed by atoms with Crippen LogP contribution in [0.1, 0.15) is 58.2 Å². The van der Waals surface area contributed by atoms with Gasteiger partial charge in [-0.05, 0) is 58.6 Å². The number of carbonyl (C=O) groups excluding carboxylic acids is 2. The van der Waals surface area contributed by atoms with Crippen molar-refractivity contribution in [1.82, 2.24) is 19.8 Å². The highest BCUT2D eigenvalue weighted by molar-refractivity contribution is 5.86. The summed E-state index contributed by atoms with van der Waals surface area (Å²) in [6.45, 7) is 7.48. The first-order valence-corrected chi connectivity index (χ1v) is 10.5. The molecule has 2 amide bonds. The van der Waals surface area contributed by atoms with Gasteiger partial charge >= 0.3 is 6.09 Å². The number of nitrogens with zero attached hydrogens (tertiary/aromatic N) is 3. The minimum absolute atomic E-state index is 0.0363. The molecular weight excluding hydrogens is 368 g/mol. The maximum absolute atomic E-state index is 13.3. The molecule has 2 atom stereocenters. The second-order valence-corrected chi connectivity index (χ2v) is 9.09. The second kappa shape index (κ2) is 7.69. The van der Waals surface area contributed by atoms with Gasteiger partial charge in [0.05, 0.1) is 11.0 Å². The lowest BCUT2D eigenvalue weighted by molar-refractivity contribution is -0.137. The molecule has 1 N–H and O–H groups in total. The maximum Gasteiger partial charge on any atom is 0.410 e. The second-order valence-electron chi connectivity index (χ2n) is 9.09. The molecule has 7 heteroatoms. The molecule has 2 aliphatic heterocycles. The smallest absolute Gasteiger partial charge is 0.410 e. The molecule has 0 radical (unpaired) electrons. The molecule has 2 aliphatic rings. The number of H-pyrrole nitrogens is 1. The fraction of sp³-hybridized carbons (Fsp3) is 0.591. The van der Waals surface area contributed by atoms with Gasteiger partial charge in [-0.3, -0.25) is 9.69 Å². The molecule has 1 unspecified atom stereocenters. The van der Waals surface area contributed by atoms with Crippen LogP contribution in [-0.2, 0) is 9.53 Å². The maximum atomic E-state index is 13.3. The number of piperidine rings is 1. The lowest BCUT2D eigenvalue weighted by Gasteiger charge is -2.36. The predicted octanol–water partition coefficient (Wildman–Crippen LogP) is 3.67. The number of fused-ring (bicyclic) bond motifs is 1. The van der Waals surface area contributed by atoms with E-state index < -0.39 is 11.6 Å². The number of benzene rings is 1.